The van der Waals surface area contributed by atoms with Gasteiger partial charge in [0.2, 0.25) is 17.5 Å². The number of urea groups is 1. The molecule has 0 aliphatic rings. The van der Waals surface area contributed by atoms with Gasteiger partial charge in [-0.25, -0.2) is 4.79 Å². The van der Waals surface area contributed by atoms with Gasteiger partial charge in [-0.05, 0) is 18.1 Å². The number of rotatable bonds is 8. The zero-order chi connectivity index (χ0) is 20.8. The van der Waals surface area contributed by atoms with Gasteiger partial charge in [0.25, 0.3) is 0 Å². The second kappa shape index (κ2) is 9.29. The second-order valence-corrected chi connectivity index (χ2v) is 6.58. The third-order valence-corrected chi connectivity index (χ3v) is 4.53. The van der Waals surface area contributed by atoms with Crippen LogP contribution in [0.4, 0.5) is 4.79 Å². The molecule has 0 radical (unpaired) electrons. The van der Waals surface area contributed by atoms with E-state index in [0.717, 1.165) is 6.42 Å². The van der Waals surface area contributed by atoms with Gasteiger partial charge in [-0.1, -0.05) is 25.4 Å². The summed E-state index contributed by atoms with van der Waals surface area (Å²) in [7, 11) is 7.98. The number of hydrogen-bond acceptors (Lipinski definition) is 7. The molecule has 1 aromatic carbocycles. The minimum Gasteiger partial charge on any atom is -0.493 e. The topological polar surface area (TPSA) is 99.0 Å². The SMILES string of the molecule is CCC(C)C(NC(=O)N(C)C)c1nc(-c2cc(OC)c(OC)c(OC)c2)no1. The van der Waals surface area contributed by atoms with Gasteiger partial charge >= 0.3 is 6.03 Å². The van der Waals surface area contributed by atoms with Crippen LogP contribution in [0.5, 0.6) is 17.2 Å². The molecule has 1 aromatic heterocycles. The lowest BCUT2D eigenvalue weighted by atomic mass is 9.99. The first kappa shape index (κ1) is 21.3. The largest absolute Gasteiger partial charge is 0.493 e. The molecule has 9 heteroatoms. The minimum atomic E-state index is -0.400. The molecule has 0 fully saturated rings. The Hall–Kier alpha value is -2.97. The number of nitrogens with zero attached hydrogens (tertiary/aromatic N) is 3. The smallest absolute Gasteiger partial charge is 0.317 e. The van der Waals surface area contributed by atoms with Gasteiger partial charge in [0, 0.05) is 19.7 Å². The Kier molecular flexibility index (Phi) is 7.08. The monoisotopic (exact) mass is 392 g/mol. The van der Waals surface area contributed by atoms with Crippen molar-refractivity contribution in [1.82, 2.24) is 20.4 Å². The predicted molar refractivity (Wildman–Crippen MR) is 104 cm³/mol. The molecule has 2 atom stereocenters. The van der Waals surface area contributed by atoms with E-state index in [4.69, 9.17) is 18.7 Å². The number of methoxy groups -OCH3 is 3. The molecule has 0 aliphatic heterocycles. The Labute approximate surface area is 164 Å². The summed E-state index contributed by atoms with van der Waals surface area (Å²) in [6.07, 6.45) is 0.834. The van der Waals surface area contributed by atoms with E-state index in [1.807, 2.05) is 13.8 Å². The van der Waals surface area contributed by atoms with Gasteiger partial charge < -0.3 is 29.0 Å². The van der Waals surface area contributed by atoms with Crippen molar-refractivity contribution in [2.24, 2.45) is 5.92 Å². The van der Waals surface area contributed by atoms with Gasteiger partial charge in [0.15, 0.2) is 11.5 Å². The van der Waals surface area contributed by atoms with Crippen molar-refractivity contribution in [2.45, 2.75) is 26.3 Å². The normalized spacial score (nSPS) is 12.8. The summed E-state index contributed by atoms with van der Waals surface area (Å²) in [6, 6.07) is 2.86. The lowest BCUT2D eigenvalue weighted by Crippen LogP contribution is -2.39. The summed E-state index contributed by atoms with van der Waals surface area (Å²) in [5.41, 5.74) is 0.645. The van der Waals surface area contributed by atoms with Crippen LogP contribution in [0, 0.1) is 5.92 Å². The second-order valence-electron chi connectivity index (χ2n) is 6.58. The average Bonchev–Trinajstić information content (AvgIpc) is 3.19. The van der Waals surface area contributed by atoms with Crippen LogP contribution >= 0.6 is 0 Å². The van der Waals surface area contributed by atoms with Crippen LogP contribution in [0.15, 0.2) is 16.7 Å². The Morgan fingerprint density at radius 2 is 1.79 bits per heavy atom. The van der Waals surface area contributed by atoms with Crippen molar-refractivity contribution in [2.75, 3.05) is 35.4 Å². The molecule has 2 unspecified atom stereocenters. The fraction of sp³-hybridized carbons (Fsp3) is 0.526. The number of benzene rings is 1. The van der Waals surface area contributed by atoms with E-state index in [1.54, 1.807) is 40.4 Å². The van der Waals surface area contributed by atoms with E-state index >= 15 is 0 Å². The third-order valence-electron chi connectivity index (χ3n) is 4.53. The van der Waals surface area contributed by atoms with E-state index in [1.165, 1.54) is 12.0 Å². The summed E-state index contributed by atoms with van der Waals surface area (Å²) in [6.45, 7) is 4.06. The number of ether oxygens (including phenoxy) is 3. The summed E-state index contributed by atoms with van der Waals surface area (Å²) in [5, 5.41) is 7.01. The Morgan fingerprint density at radius 3 is 2.25 bits per heavy atom. The molecule has 0 saturated heterocycles. The molecule has 2 aromatic rings. The fourth-order valence-corrected chi connectivity index (χ4v) is 2.63. The van der Waals surface area contributed by atoms with Crippen LogP contribution in [0.1, 0.15) is 32.2 Å². The molecule has 0 spiro atoms. The van der Waals surface area contributed by atoms with E-state index in [9.17, 15) is 4.79 Å². The first-order chi connectivity index (χ1) is 13.4. The predicted octanol–water partition coefficient (Wildman–Crippen LogP) is 3.12. The first-order valence-corrected chi connectivity index (χ1v) is 8.97. The molecule has 9 nitrogen and oxygen atoms in total. The number of aromatic nitrogens is 2. The summed E-state index contributed by atoms with van der Waals surface area (Å²) in [4.78, 5) is 18.1. The van der Waals surface area contributed by atoms with Crippen molar-refractivity contribution >= 4 is 6.03 Å². The third kappa shape index (κ3) is 4.47. The average molecular weight is 392 g/mol. The molecule has 0 saturated carbocycles. The van der Waals surface area contributed by atoms with Crippen LogP contribution < -0.4 is 19.5 Å². The van der Waals surface area contributed by atoms with Crippen LogP contribution in [0.2, 0.25) is 0 Å². The molecule has 0 aliphatic carbocycles. The zero-order valence-electron chi connectivity index (χ0n) is 17.4. The maximum atomic E-state index is 12.1. The molecular weight excluding hydrogens is 364 g/mol. The molecule has 1 heterocycles. The molecule has 28 heavy (non-hydrogen) atoms. The van der Waals surface area contributed by atoms with Crippen molar-refractivity contribution in [1.29, 1.82) is 0 Å². The number of carbonyl (C=O) groups is 1. The maximum Gasteiger partial charge on any atom is 0.317 e. The van der Waals surface area contributed by atoms with Crippen molar-refractivity contribution in [3.05, 3.63) is 18.0 Å². The van der Waals surface area contributed by atoms with Crippen LogP contribution in [0.3, 0.4) is 0 Å². The summed E-state index contributed by atoms with van der Waals surface area (Å²) >= 11 is 0. The number of nitrogens with one attached hydrogen (secondary N) is 1. The minimum absolute atomic E-state index is 0.108. The van der Waals surface area contributed by atoms with Gasteiger partial charge in [-0.3, -0.25) is 0 Å². The van der Waals surface area contributed by atoms with Crippen LogP contribution in [-0.2, 0) is 0 Å². The highest BCUT2D eigenvalue weighted by Crippen LogP contribution is 2.40. The molecule has 1 N–H and O–H groups in total. The number of amides is 2. The fourth-order valence-electron chi connectivity index (χ4n) is 2.63. The standard InChI is InChI=1S/C19H28N4O5/c1-8-11(2)15(20-19(24)23(3)4)18-21-17(22-28-18)12-9-13(25-5)16(27-7)14(10-12)26-6/h9-11,15H,8H2,1-7H3,(H,20,24). The maximum absolute atomic E-state index is 12.1. The number of hydrogen-bond donors (Lipinski definition) is 1. The highest BCUT2D eigenvalue weighted by Gasteiger charge is 2.27. The highest BCUT2D eigenvalue weighted by molar-refractivity contribution is 5.74. The number of carbonyl (C=O) groups excluding carboxylic acids is 1. The van der Waals surface area contributed by atoms with Gasteiger partial charge in [0.1, 0.15) is 6.04 Å². The summed E-state index contributed by atoms with van der Waals surface area (Å²) in [5.74, 6) is 2.27. The quantitative estimate of drug-likeness (QED) is 0.737. The van der Waals surface area contributed by atoms with E-state index < -0.39 is 6.04 Å². The molecule has 2 rings (SSSR count). The lowest BCUT2D eigenvalue weighted by Gasteiger charge is -2.22. The van der Waals surface area contributed by atoms with E-state index in [0.29, 0.717) is 34.5 Å². The van der Waals surface area contributed by atoms with Crippen molar-refractivity contribution in [3.63, 3.8) is 0 Å². The van der Waals surface area contributed by atoms with E-state index in [2.05, 4.69) is 15.5 Å². The Morgan fingerprint density at radius 1 is 1.18 bits per heavy atom. The van der Waals surface area contributed by atoms with Gasteiger partial charge in [0.05, 0.1) is 21.3 Å². The zero-order valence-corrected chi connectivity index (χ0v) is 17.4. The lowest BCUT2D eigenvalue weighted by molar-refractivity contribution is 0.200. The molecule has 0 bridgehead atoms. The molecular formula is C19H28N4O5. The summed E-state index contributed by atoms with van der Waals surface area (Å²) < 4.78 is 21.6. The van der Waals surface area contributed by atoms with Crippen LogP contribution in [0.25, 0.3) is 11.4 Å². The molecule has 154 valence electrons. The first-order valence-electron chi connectivity index (χ1n) is 8.97. The Bertz CT molecular complexity index is 780. The van der Waals surface area contributed by atoms with Gasteiger partial charge in [-0.15, -0.1) is 0 Å². The Balaban J connectivity index is 2.42. The van der Waals surface area contributed by atoms with Crippen molar-refractivity contribution in [3.8, 4) is 28.6 Å². The van der Waals surface area contributed by atoms with Crippen molar-refractivity contribution < 1.29 is 23.5 Å². The van der Waals surface area contributed by atoms with Gasteiger partial charge in [-0.2, -0.15) is 4.98 Å². The highest BCUT2D eigenvalue weighted by atomic mass is 16.5. The van der Waals surface area contributed by atoms with E-state index in [-0.39, 0.29) is 11.9 Å². The van der Waals surface area contributed by atoms with Crippen LogP contribution in [-0.4, -0.2) is 56.5 Å². The molecule has 2 amide bonds.